The number of carbonyl (C=O) groups is 2. The van der Waals surface area contributed by atoms with E-state index >= 15 is 0 Å². The number of alkyl halides is 1. The molecule has 3 aromatic rings. The maximum atomic E-state index is 12.7. The van der Waals surface area contributed by atoms with Crippen LogP contribution in [0.4, 0.5) is 0 Å². The van der Waals surface area contributed by atoms with Gasteiger partial charge in [0.25, 0.3) is 17.4 Å². The molecule has 0 spiro atoms. The van der Waals surface area contributed by atoms with Gasteiger partial charge in [-0.25, -0.2) is 0 Å². The Labute approximate surface area is 197 Å². The highest BCUT2D eigenvalue weighted by Gasteiger charge is 2.30. The van der Waals surface area contributed by atoms with E-state index in [9.17, 15) is 14.4 Å². The number of benzene rings is 1. The summed E-state index contributed by atoms with van der Waals surface area (Å²) in [5.41, 5.74) is 1.05. The van der Waals surface area contributed by atoms with Crippen molar-refractivity contribution in [1.29, 1.82) is 0 Å². The first-order valence-electron chi connectivity index (χ1n) is 9.80. The van der Waals surface area contributed by atoms with E-state index in [-0.39, 0.29) is 29.5 Å². The minimum Gasteiger partial charge on any atom is -0.346 e. The van der Waals surface area contributed by atoms with Gasteiger partial charge in [0.05, 0.1) is 17.0 Å². The monoisotopic (exact) mass is 548 g/mol. The van der Waals surface area contributed by atoms with Gasteiger partial charge in [-0.3, -0.25) is 19.0 Å². The van der Waals surface area contributed by atoms with Crippen molar-refractivity contribution in [3.8, 4) is 5.69 Å². The van der Waals surface area contributed by atoms with E-state index in [1.807, 2.05) is 12.1 Å². The van der Waals surface area contributed by atoms with E-state index in [1.54, 1.807) is 42.6 Å². The number of hydrogen-bond acceptors (Lipinski definition) is 5. The standard InChI is InChI=1S/C22H21IN4O3S/c23-11-16-8-9-19(31-16)22(30)26-18-13-24-12-17(18)25-21(29)14-4-6-15(7-5-14)27-10-2-1-3-20(27)28/h1-10,17-18,24H,11-13H2,(H,25,29)(H,26,30)/t17-,18+/m0/s1. The highest BCUT2D eigenvalue weighted by atomic mass is 127. The molecule has 3 N–H and O–H groups in total. The molecule has 1 saturated heterocycles. The van der Waals surface area contributed by atoms with Crippen LogP contribution in [0.2, 0.25) is 0 Å². The maximum Gasteiger partial charge on any atom is 0.261 e. The molecule has 7 nitrogen and oxygen atoms in total. The highest BCUT2D eigenvalue weighted by molar-refractivity contribution is 14.1. The fourth-order valence-electron chi connectivity index (χ4n) is 3.46. The van der Waals surface area contributed by atoms with Crippen molar-refractivity contribution in [2.45, 2.75) is 16.5 Å². The number of amides is 2. The van der Waals surface area contributed by atoms with Crippen molar-refractivity contribution in [3.63, 3.8) is 0 Å². The van der Waals surface area contributed by atoms with Crippen LogP contribution in [0.5, 0.6) is 0 Å². The number of nitrogens with zero attached hydrogens (tertiary/aromatic N) is 1. The van der Waals surface area contributed by atoms with Crippen LogP contribution in [-0.4, -0.2) is 41.6 Å². The predicted molar refractivity (Wildman–Crippen MR) is 129 cm³/mol. The van der Waals surface area contributed by atoms with E-state index in [0.717, 1.165) is 9.30 Å². The van der Waals surface area contributed by atoms with E-state index in [2.05, 4.69) is 38.5 Å². The lowest BCUT2D eigenvalue weighted by atomic mass is 10.1. The van der Waals surface area contributed by atoms with Crippen LogP contribution in [0.3, 0.4) is 0 Å². The maximum absolute atomic E-state index is 12.7. The zero-order valence-electron chi connectivity index (χ0n) is 16.5. The summed E-state index contributed by atoms with van der Waals surface area (Å²) in [6.45, 7) is 1.18. The Bertz CT molecular complexity index is 1140. The minimum atomic E-state index is -0.219. The molecule has 1 aliphatic rings. The minimum absolute atomic E-state index is 0.119. The second-order valence-corrected chi connectivity index (χ2v) is 9.10. The fraction of sp³-hybridized carbons (Fsp3) is 0.227. The first-order valence-corrected chi connectivity index (χ1v) is 12.1. The average Bonchev–Trinajstić information content (AvgIpc) is 3.44. The molecule has 2 aromatic heterocycles. The Kier molecular flexibility index (Phi) is 6.83. The van der Waals surface area contributed by atoms with Crippen LogP contribution in [0.25, 0.3) is 5.69 Å². The molecule has 4 rings (SSSR count). The Morgan fingerprint density at radius 2 is 1.71 bits per heavy atom. The Hall–Kier alpha value is -2.50. The summed E-state index contributed by atoms with van der Waals surface area (Å²) in [5.74, 6) is -0.338. The van der Waals surface area contributed by atoms with Crippen molar-refractivity contribution in [3.05, 3.63) is 86.5 Å². The number of nitrogens with one attached hydrogen (secondary N) is 3. The molecule has 3 heterocycles. The fourth-order valence-corrected chi connectivity index (χ4v) is 4.94. The number of hydrogen-bond donors (Lipinski definition) is 3. The smallest absolute Gasteiger partial charge is 0.261 e. The van der Waals surface area contributed by atoms with Gasteiger partial charge in [0, 0.05) is 45.9 Å². The average molecular weight is 548 g/mol. The molecule has 1 fully saturated rings. The molecule has 0 aliphatic carbocycles. The molecule has 0 radical (unpaired) electrons. The number of halogens is 1. The Morgan fingerprint density at radius 1 is 1.00 bits per heavy atom. The van der Waals surface area contributed by atoms with E-state index in [4.69, 9.17) is 0 Å². The Morgan fingerprint density at radius 3 is 2.35 bits per heavy atom. The van der Waals surface area contributed by atoms with Crippen LogP contribution < -0.4 is 21.5 Å². The van der Waals surface area contributed by atoms with Gasteiger partial charge in [-0.1, -0.05) is 28.7 Å². The van der Waals surface area contributed by atoms with Crippen LogP contribution in [0, 0.1) is 0 Å². The molecule has 2 amide bonds. The van der Waals surface area contributed by atoms with Gasteiger partial charge in [-0.2, -0.15) is 0 Å². The lowest BCUT2D eigenvalue weighted by Crippen LogP contribution is -2.50. The third kappa shape index (κ3) is 5.05. The van der Waals surface area contributed by atoms with Gasteiger partial charge in [0.15, 0.2) is 0 Å². The summed E-state index contributed by atoms with van der Waals surface area (Å²) in [6.07, 6.45) is 1.69. The second kappa shape index (κ2) is 9.75. The summed E-state index contributed by atoms with van der Waals surface area (Å²) in [6, 6.07) is 15.2. The topological polar surface area (TPSA) is 92.2 Å². The Balaban J connectivity index is 1.39. The molecule has 0 saturated carbocycles. The predicted octanol–water partition coefficient (Wildman–Crippen LogP) is 2.33. The van der Waals surface area contributed by atoms with Crippen LogP contribution in [-0.2, 0) is 4.43 Å². The van der Waals surface area contributed by atoms with E-state index in [0.29, 0.717) is 29.2 Å². The molecule has 9 heteroatoms. The largest absolute Gasteiger partial charge is 0.346 e. The number of carbonyl (C=O) groups excluding carboxylic acids is 2. The molecule has 1 aliphatic heterocycles. The van der Waals surface area contributed by atoms with Gasteiger partial charge in [-0.05, 0) is 42.5 Å². The number of aromatic nitrogens is 1. The zero-order chi connectivity index (χ0) is 21.8. The highest BCUT2D eigenvalue weighted by Crippen LogP contribution is 2.19. The summed E-state index contributed by atoms with van der Waals surface area (Å²) < 4.78 is 2.39. The summed E-state index contributed by atoms with van der Waals surface area (Å²) >= 11 is 3.76. The van der Waals surface area contributed by atoms with E-state index in [1.165, 1.54) is 22.0 Å². The quantitative estimate of drug-likeness (QED) is 0.326. The second-order valence-electron chi connectivity index (χ2n) is 7.17. The lowest BCUT2D eigenvalue weighted by molar-refractivity contribution is 0.0898. The van der Waals surface area contributed by atoms with Gasteiger partial charge < -0.3 is 16.0 Å². The molecule has 31 heavy (non-hydrogen) atoms. The van der Waals surface area contributed by atoms with Gasteiger partial charge in [-0.15, -0.1) is 11.3 Å². The normalized spacial score (nSPS) is 18.0. The first kappa shape index (κ1) is 21.7. The zero-order valence-corrected chi connectivity index (χ0v) is 19.5. The molecule has 2 atom stereocenters. The third-order valence-corrected chi connectivity index (χ3v) is 7.52. The van der Waals surface area contributed by atoms with E-state index < -0.39 is 0 Å². The number of rotatable bonds is 6. The van der Waals surface area contributed by atoms with Crippen molar-refractivity contribution in [1.82, 2.24) is 20.5 Å². The van der Waals surface area contributed by atoms with Crippen molar-refractivity contribution >= 4 is 45.7 Å². The molecular formula is C22H21IN4O3S. The number of thiophene rings is 1. The van der Waals surface area contributed by atoms with Crippen molar-refractivity contribution in [2.75, 3.05) is 13.1 Å². The van der Waals surface area contributed by atoms with Crippen LogP contribution in [0.15, 0.2) is 65.6 Å². The van der Waals surface area contributed by atoms with Crippen LogP contribution >= 0.6 is 33.9 Å². The molecule has 0 unspecified atom stereocenters. The summed E-state index contributed by atoms with van der Waals surface area (Å²) in [7, 11) is 0. The van der Waals surface area contributed by atoms with Gasteiger partial charge in [0.1, 0.15) is 0 Å². The van der Waals surface area contributed by atoms with Gasteiger partial charge in [0.2, 0.25) is 0 Å². The molecule has 160 valence electrons. The number of pyridine rings is 1. The summed E-state index contributed by atoms with van der Waals surface area (Å²) in [5, 5.41) is 9.26. The molecule has 0 bridgehead atoms. The summed E-state index contributed by atoms with van der Waals surface area (Å²) in [4.78, 5) is 39.1. The van der Waals surface area contributed by atoms with Crippen molar-refractivity contribution < 1.29 is 9.59 Å². The first-order chi connectivity index (χ1) is 15.0. The van der Waals surface area contributed by atoms with Crippen LogP contribution in [0.1, 0.15) is 24.9 Å². The lowest BCUT2D eigenvalue weighted by Gasteiger charge is -2.21. The molecule has 1 aromatic carbocycles. The third-order valence-electron chi connectivity index (χ3n) is 5.09. The SMILES string of the molecule is O=C(N[C@H]1CNC[C@H]1NC(=O)c1ccc(CI)s1)c1ccc(-n2ccccc2=O)cc1. The van der Waals surface area contributed by atoms with Gasteiger partial charge >= 0.3 is 0 Å². The molecular weight excluding hydrogens is 527 g/mol. The van der Waals surface area contributed by atoms with Crippen molar-refractivity contribution in [2.24, 2.45) is 0 Å².